The number of carboxylic acid groups (broad SMARTS) is 1. The van der Waals surface area contributed by atoms with E-state index >= 15 is 0 Å². The maximum absolute atomic E-state index is 12.8. The molecule has 1 N–H and O–H groups in total. The summed E-state index contributed by atoms with van der Waals surface area (Å²) in [6.07, 6.45) is 0.269. The Bertz CT molecular complexity index is 504. The maximum Gasteiger partial charge on any atom is 0.522 e. The molecule has 1 aliphatic rings. The molecule has 21 heavy (non-hydrogen) atoms. The van der Waals surface area contributed by atoms with Crippen molar-refractivity contribution < 1.29 is 28.7 Å². The highest BCUT2D eigenvalue weighted by Crippen LogP contribution is 2.41. The van der Waals surface area contributed by atoms with Crippen molar-refractivity contribution in [2.45, 2.75) is 38.8 Å². The van der Waals surface area contributed by atoms with Crippen LogP contribution in [-0.2, 0) is 14.3 Å². The molecule has 2 atom stereocenters. The molecule has 1 fully saturated rings. The van der Waals surface area contributed by atoms with Gasteiger partial charge in [-0.1, -0.05) is 0 Å². The molecular formula is C14H23N2O5+. The van der Waals surface area contributed by atoms with Crippen molar-refractivity contribution in [3.8, 4) is 0 Å². The smallest absolute Gasteiger partial charge is 0.465 e. The standard InChI is InChI=1S/C14H22N2O5/c1-14(2,3)16(13(19)20)10(12(18)21-6)7-9(11(16)17)8-15(4)5/h8,10H,7H2,1-6H3/p+1/b9-8+/t10-,16?/m0/s1. The van der Waals surface area contributed by atoms with E-state index in [4.69, 9.17) is 4.74 Å². The van der Waals surface area contributed by atoms with Crippen molar-refractivity contribution in [3.05, 3.63) is 11.8 Å². The van der Waals surface area contributed by atoms with Crippen molar-refractivity contribution in [1.29, 1.82) is 0 Å². The number of amides is 2. The molecule has 1 heterocycles. The second kappa shape index (κ2) is 5.48. The maximum atomic E-state index is 12.8. The molecule has 118 valence electrons. The van der Waals surface area contributed by atoms with Crippen LogP contribution in [0.15, 0.2) is 11.8 Å². The van der Waals surface area contributed by atoms with E-state index in [0.29, 0.717) is 5.57 Å². The van der Waals surface area contributed by atoms with Gasteiger partial charge in [0, 0.05) is 26.7 Å². The summed E-state index contributed by atoms with van der Waals surface area (Å²) in [5.74, 6) is -1.26. The molecule has 1 rings (SSSR count). The molecule has 7 heteroatoms. The first-order chi connectivity index (χ1) is 9.50. The second-order valence-electron chi connectivity index (χ2n) is 6.34. The van der Waals surface area contributed by atoms with Crippen molar-refractivity contribution in [1.82, 2.24) is 4.90 Å². The van der Waals surface area contributed by atoms with E-state index in [2.05, 4.69) is 0 Å². The van der Waals surface area contributed by atoms with Gasteiger partial charge in [-0.2, -0.15) is 4.79 Å². The zero-order chi connectivity index (χ0) is 16.6. The topological polar surface area (TPSA) is 83.9 Å². The fourth-order valence-corrected chi connectivity index (χ4v) is 2.88. The van der Waals surface area contributed by atoms with Crippen LogP contribution in [0.5, 0.6) is 0 Å². The summed E-state index contributed by atoms with van der Waals surface area (Å²) in [6.45, 7) is 4.90. The first-order valence-electron chi connectivity index (χ1n) is 6.62. The van der Waals surface area contributed by atoms with E-state index in [-0.39, 0.29) is 6.42 Å². The lowest BCUT2D eigenvalue weighted by Crippen LogP contribution is -2.69. The van der Waals surface area contributed by atoms with Gasteiger partial charge in [0.15, 0.2) is 0 Å². The number of ether oxygens (including phenoxy) is 1. The van der Waals surface area contributed by atoms with Crippen molar-refractivity contribution >= 4 is 18.0 Å². The van der Waals surface area contributed by atoms with Crippen LogP contribution in [0.1, 0.15) is 27.2 Å². The van der Waals surface area contributed by atoms with Crippen LogP contribution < -0.4 is 0 Å². The van der Waals surface area contributed by atoms with E-state index in [0.717, 1.165) is 0 Å². The number of hydrogen-bond acceptors (Lipinski definition) is 5. The monoisotopic (exact) mass is 299 g/mol. The van der Waals surface area contributed by atoms with Gasteiger partial charge in [-0.05, 0) is 20.8 Å². The Balaban J connectivity index is 3.58. The van der Waals surface area contributed by atoms with Crippen LogP contribution in [0.3, 0.4) is 0 Å². The first-order valence-corrected chi connectivity index (χ1v) is 6.62. The van der Waals surface area contributed by atoms with Crippen LogP contribution in [0.25, 0.3) is 0 Å². The lowest BCUT2D eigenvalue weighted by atomic mass is 9.99. The van der Waals surface area contributed by atoms with Gasteiger partial charge >= 0.3 is 18.0 Å². The molecule has 2 amide bonds. The number of hydrogen-bond donors (Lipinski definition) is 1. The summed E-state index contributed by atoms with van der Waals surface area (Å²) in [4.78, 5) is 38.4. The number of carbonyl (C=O) groups excluding carboxylic acids is 2. The Morgan fingerprint density at radius 2 is 1.90 bits per heavy atom. The van der Waals surface area contributed by atoms with Crippen LogP contribution in [-0.4, -0.2) is 65.2 Å². The third-order valence-corrected chi connectivity index (χ3v) is 3.72. The minimum atomic E-state index is -1.34. The van der Waals surface area contributed by atoms with E-state index in [1.165, 1.54) is 7.11 Å². The second-order valence-corrected chi connectivity index (χ2v) is 6.34. The highest BCUT2D eigenvalue weighted by atomic mass is 16.5. The zero-order valence-electron chi connectivity index (χ0n) is 13.3. The highest BCUT2D eigenvalue weighted by molar-refractivity contribution is 6.00. The number of quaternary nitrogens is 1. The molecule has 0 aromatic heterocycles. The van der Waals surface area contributed by atoms with Crippen LogP contribution in [0, 0.1) is 0 Å². The molecule has 1 aliphatic heterocycles. The van der Waals surface area contributed by atoms with Gasteiger partial charge in [0.2, 0.25) is 6.04 Å². The summed E-state index contributed by atoms with van der Waals surface area (Å²) >= 11 is 0. The number of methoxy groups -OCH3 is 1. The molecule has 0 bridgehead atoms. The predicted molar refractivity (Wildman–Crippen MR) is 75.2 cm³/mol. The minimum absolute atomic E-state index is 0.0489. The molecule has 7 nitrogen and oxygen atoms in total. The van der Waals surface area contributed by atoms with Gasteiger partial charge in [0.1, 0.15) is 5.54 Å². The fourth-order valence-electron chi connectivity index (χ4n) is 2.88. The Morgan fingerprint density at radius 3 is 2.24 bits per heavy atom. The largest absolute Gasteiger partial charge is 0.522 e. The molecule has 0 saturated carbocycles. The average Bonchev–Trinajstić information content (AvgIpc) is 2.61. The fraction of sp³-hybridized carbons (Fsp3) is 0.643. The van der Waals surface area contributed by atoms with Crippen LogP contribution in [0.2, 0.25) is 0 Å². The predicted octanol–water partition coefficient (Wildman–Crippen LogP) is 1.20. The van der Waals surface area contributed by atoms with Gasteiger partial charge < -0.3 is 14.7 Å². The quantitative estimate of drug-likeness (QED) is 0.468. The molecule has 0 aromatic carbocycles. The Labute approximate surface area is 124 Å². The van der Waals surface area contributed by atoms with Gasteiger partial charge in [-0.3, -0.25) is 0 Å². The van der Waals surface area contributed by atoms with E-state index < -0.39 is 34.0 Å². The van der Waals surface area contributed by atoms with Gasteiger partial charge in [0.05, 0.1) is 12.7 Å². The number of rotatable bonds is 2. The van der Waals surface area contributed by atoms with E-state index in [9.17, 15) is 19.5 Å². The molecule has 0 aromatic rings. The summed E-state index contributed by atoms with van der Waals surface area (Å²) in [5.41, 5.74) is -0.670. The van der Waals surface area contributed by atoms with Crippen molar-refractivity contribution in [2.75, 3.05) is 21.2 Å². The lowest BCUT2D eigenvalue weighted by Gasteiger charge is -2.40. The zero-order valence-corrected chi connectivity index (χ0v) is 13.3. The first kappa shape index (κ1) is 17.2. The third kappa shape index (κ3) is 2.53. The number of imide groups is 1. The Hall–Kier alpha value is -1.89. The summed E-state index contributed by atoms with van der Waals surface area (Å²) in [5, 5.41) is 9.74. The third-order valence-electron chi connectivity index (χ3n) is 3.72. The SMILES string of the molecule is COC(=O)[C@@H]1C/C(=C\N(C)C)C(=O)[N+]1(C(=O)O)C(C)(C)C. The Kier molecular flexibility index (Phi) is 4.48. The van der Waals surface area contributed by atoms with Gasteiger partial charge in [-0.15, -0.1) is 4.48 Å². The number of likely N-dealkylation sites (tertiary alicyclic amines) is 1. The molecule has 1 saturated heterocycles. The molecule has 1 unspecified atom stereocenters. The Morgan fingerprint density at radius 1 is 1.38 bits per heavy atom. The average molecular weight is 299 g/mol. The minimum Gasteiger partial charge on any atom is -0.465 e. The summed E-state index contributed by atoms with van der Waals surface area (Å²) in [7, 11) is 4.66. The van der Waals surface area contributed by atoms with Crippen LogP contribution >= 0.6 is 0 Å². The molecule has 0 radical (unpaired) electrons. The van der Waals surface area contributed by atoms with E-state index in [1.54, 1.807) is 46.0 Å². The summed E-state index contributed by atoms with van der Waals surface area (Å²) < 4.78 is 3.75. The molecule has 0 spiro atoms. The summed E-state index contributed by atoms with van der Waals surface area (Å²) in [6, 6.07) is -1.08. The lowest BCUT2D eigenvalue weighted by molar-refractivity contribution is -0.839. The van der Waals surface area contributed by atoms with Crippen molar-refractivity contribution in [3.63, 3.8) is 0 Å². The molecular weight excluding hydrogens is 276 g/mol. The van der Waals surface area contributed by atoms with Crippen molar-refractivity contribution in [2.24, 2.45) is 0 Å². The number of carbonyl (C=O) groups is 3. The number of esters is 1. The van der Waals surface area contributed by atoms with Crippen LogP contribution in [0.4, 0.5) is 4.79 Å². The normalized spacial score (nSPS) is 27.8. The highest BCUT2D eigenvalue weighted by Gasteiger charge is 2.67. The van der Waals surface area contributed by atoms with Gasteiger partial charge in [-0.25, -0.2) is 9.59 Å². The van der Waals surface area contributed by atoms with Gasteiger partial charge in [0.25, 0.3) is 0 Å². The number of nitrogens with zero attached hydrogens (tertiary/aromatic N) is 2. The van der Waals surface area contributed by atoms with E-state index in [1.807, 2.05) is 0 Å². The molecule has 0 aliphatic carbocycles.